The van der Waals surface area contributed by atoms with Gasteiger partial charge in [-0.15, -0.1) is 0 Å². The fourth-order valence-electron chi connectivity index (χ4n) is 2.50. The van der Waals surface area contributed by atoms with Gasteiger partial charge in [0.1, 0.15) is 10.6 Å². The van der Waals surface area contributed by atoms with E-state index in [0.717, 1.165) is 12.5 Å². The van der Waals surface area contributed by atoms with Crippen LogP contribution in [0.2, 0.25) is 10.0 Å². The van der Waals surface area contributed by atoms with Gasteiger partial charge in [0.05, 0.1) is 21.3 Å². The summed E-state index contributed by atoms with van der Waals surface area (Å²) in [5, 5.41) is 12.2. The molecule has 3 N–H and O–H groups in total. The second-order valence-electron chi connectivity index (χ2n) is 6.04. The third-order valence-corrected chi connectivity index (χ3v) is 6.15. The molecule has 0 radical (unpaired) electrons. The number of phenolic OH excluding ortho intramolecular Hbond substituents is 1. The van der Waals surface area contributed by atoms with Gasteiger partial charge >= 0.3 is 0 Å². The van der Waals surface area contributed by atoms with Crippen LogP contribution in [-0.2, 0) is 10.0 Å². The summed E-state index contributed by atoms with van der Waals surface area (Å²) in [6, 6.07) is 8.20. The largest absolute Gasteiger partial charge is 0.506 e. The van der Waals surface area contributed by atoms with E-state index in [1.165, 1.54) is 18.2 Å². The topological polar surface area (TPSA) is 95.5 Å². The maximum atomic E-state index is 12.6. The van der Waals surface area contributed by atoms with Crippen molar-refractivity contribution < 1.29 is 18.3 Å². The number of aromatic hydroxyl groups is 1. The lowest BCUT2D eigenvalue weighted by Gasteiger charge is -2.16. The Labute approximate surface area is 168 Å². The summed E-state index contributed by atoms with van der Waals surface area (Å²) in [6.45, 7) is 3.69. The van der Waals surface area contributed by atoms with Crippen LogP contribution < -0.4 is 10.0 Å². The van der Waals surface area contributed by atoms with Gasteiger partial charge in [0.15, 0.2) is 0 Å². The molecule has 1 unspecified atom stereocenters. The van der Waals surface area contributed by atoms with Crippen molar-refractivity contribution >= 4 is 44.8 Å². The summed E-state index contributed by atoms with van der Waals surface area (Å²) in [7, 11) is -3.94. The Hall–Kier alpha value is -1.80. The molecule has 2 rings (SSSR count). The first-order valence-electron chi connectivity index (χ1n) is 8.26. The van der Waals surface area contributed by atoms with Crippen molar-refractivity contribution in [2.45, 2.75) is 37.6 Å². The monoisotopic (exact) mass is 430 g/mol. The molecule has 0 heterocycles. The maximum Gasteiger partial charge on any atom is 0.257 e. The highest BCUT2D eigenvalue weighted by molar-refractivity contribution is 7.89. The summed E-state index contributed by atoms with van der Waals surface area (Å²) in [6.07, 6.45) is 1.47. The number of nitrogens with one attached hydrogen (secondary N) is 2. The van der Waals surface area contributed by atoms with E-state index in [0.29, 0.717) is 6.42 Å². The molecule has 0 aliphatic heterocycles. The van der Waals surface area contributed by atoms with E-state index >= 15 is 0 Å². The molecular weight excluding hydrogens is 411 g/mol. The third-order valence-electron chi connectivity index (χ3n) is 3.79. The number of hydrogen-bond donors (Lipinski definition) is 3. The summed E-state index contributed by atoms with van der Waals surface area (Å²) in [4.78, 5) is 12.3. The number of carbonyl (C=O) groups excluding carboxylic acids is 1. The molecule has 0 bridgehead atoms. The first-order chi connectivity index (χ1) is 12.7. The molecule has 0 aliphatic rings. The maximum absolute atomic E-state index is 12.6. The average Bonchev–Trinajstić information content (AvgIpc) is 2.56. The molecule has 0 aromatic heterocycles. The minimum absolute atomic E-state index is 0.00604. The lowest BCUT2D eigenvalue weighted by molar-refractivity contribution is 0.102. The van der Waals surface area contributed by atoms with Crippen molar-refractivity contribution in [2.24, 2.45) is 0 Å². The van der Waals surface area contributed by atoms with Gasteiger partial charge in [-0.3, -0.25) is 4.79 Å². The predicted octanol–water partition coefficient (Wildman–Crippen LogP) is 4.42. The Morgan fingerprint density at radius 2 is 1.85 bits per heavy atom. The van der Waals surface area contributed by atoms with Gasteiger partial charge in [-0.05, 0) is 37.6 Å². The number of amides is 1. The lowest BCUT2D eigenvalue weighted by atomic mass is 10.2. The van der Waals surface area contributed by atoms with Crippen LogP contribution >= 0.6 is 23.2 Å². The SMILES string of the molecule is CCCC(C)NS(=O)(=O)c1cc(C(=O)Nc2ccccc2O)c(Cl)cc1Cl. The number of anilines is 1. The zero-order valence-electron chi connectivity index (χ0n) is 14.8. The van der Waals surface area contributed by atoms with Crippen molar-refractivity contribution in [1.29, 1.82) is 0 Å². The van der Waals surface area contributed by atoms with Crippen LogP contribution in [0.15, 0.2) is 41.3 Å². The average molecular weight is 431 g/mol. The van der Waals surface area contributed by atoms with E-state index < -0.39 is 15.9 Å². The van der Waals surface area contributed by atoms with Crippen molar-refractivity contribution in [3.8, 4) is 5.75 Å². The zero-order chi connectivity index (χ0) is 20.2. The van der Waals surface area contributed by atoms with Crippen molar-refractivity contribution in [3.05, 3.63) is 52.0 Å². The molecule has 146 valence electrons. The van der Waals surface area contributed by atoms with Crippen molar-refractivity contribution in [3.63, 3.8) is 0 Å². The molecule has 0 saturated heterocycles. The first kappa shape index (κ1) is 21.5. The molecule has 0 fully saturated rings. The fourth-order valence-corrected chi connectivity index (χ4v) is 4.64. The number of hydrogen-bond acceptors (Lipinski definition) is 4. The van der Waals surface area contributed by atoms with Gasteiger partial charge in [-0.25, -0.2) is 13.1 Å². The summed E-state index contributed by atoms with van der Waals surface area (Å²) >= 11 is 12.1. The van der Waals surface area contributed by atoms with Gasteiger partial charge in [0.2, 0.25) is 10.0 Å². The van der Waals surface area contributed by atoms with Gasteiger partial charge in [0, 0.05) is 6.04 Å². The van der Waals surface area contributed by atoms with Crippen molar-refractivity contribution in [2.75, 3.05) is 5.32 Å². The van der Waals surface area contributed by atoms with E-state index in [4.69, 9.17) is 23.2 Å². The van der Waals surface area contributed by atoms with Crippen LogP contribution in [0.1, 0.15) is 37.0 Å². The Kier molecular flexibility index (Phi) is 7.11. The molecular formula is C18H20Cl2N2O4S. The van der Waals surface area contributed by atoms with Crippen molar-refractivity contribution in [1.82, 2.24) is 4.72 Å². The highest BCUT2D eigenvalue weighted by Gasteiger charge is 2.24. The normalized spacial score (nSPS) is 12.6. The molecule has 2 aromatic carbocycles. The van der Waals surface area contributed by atoms with E-state index in [-0.39, 0.29) is 38.0 Å². The van der Waals surface area contributed by atoms with Gasteiger partial charge in [-0.1, -0.05) is 48.7 Å². The Morgan fingerprint density at radius 1 is 1.19 bits per heavy atom. The number of halogens is 2. The van der Waals surface area contributed by atoms with E-state index in [9.17, 15) is 18.3 Å². The number of rotatable bonds is 7. The Morgan fingerprint density at radius 3 is 2.48 bits per heavy atom. The Bertz CT molecular complexity index is 948. The minimum atomic E-state index is -3.94. The highest BCUT2D eigenvalue weighted by Crippen LogP contribution is 2.30. The molecule has 9 heteroatoms. The van der Waals surface area contributed by atoms with Crippen LogP contribution in [0.5, 0.6) is 5.75 Å². The van der Waals surface area contributed by atoms with E-state index in [1.54, 1.807) is 19.1 Å². The quantitative estimate of drug-likeness (QED) is 0.566. The van der Waals surface area contributed by atoms with Gasteiger partial charge in [0.25, 0.3) is 5.91 Å². The second-order valence-corrected chi connectivity index (χ2v) is 8.54. The molecule has 2 aromatic rings. The second kappa shape index (κ2) is 8.93. The smallest absolute Gasteiger partial charge is 0.257 e. The fraction of sp³-hybridized carbons (Fsp3) is 0.278. The standard InChI is InChI=1S/C18H20Cl2N2O4S/c1-3-6-11(2)22-27(25,26)17-9-12(13(19)10-14(17)20)18(24)21-15-7-4-5-8-16(15)23/h4-5,7-11,22-23H,3,6H2,1-2H3,(H,21,24). The number of carbonyl (C=O) groups is 1. The van der Waals surface area contributed by atoms with Crippen LogP contribution in [0.3, 0.4) is 0 Å². The molecule has 6 nitrogen and oxygen atoms in total. The number of phenols is 1. The molecule has 0 spiro atoms. The summed E-state index contributed by atoms with van der Waals surface area (Å²) < 4.78 is 27.8. The molecule has 0 saturated carbocycles. The Balaban J connectivity index is 2.38. The van der Waals surface area contributed by atoms with Crippen LogP contribution in [0.4, 0.5) is 5.69 Å². The number of para-hydroxylation sites is 2. The van der Waals surface area contributed by atoms with E-state index in [2.05, 4.69) is 10.0 Å². The van der Waals surface area contributed by atoms with Gasteiger partial charge < -0.3 is 10.4 Å². The molecule has 1 amide bonds. The molecule has 27 heavy (non-hydrogen) atoms. The van der Waals surface area contributed by atoms with Crippen LogP contribution in [0.25, 0.3) is 0 Å². The minimum Gasteiger partial charge on any atom is -0.506 e. The van der Waals surface area contributed by atoms with Crippen LogP contribution in [-0.4, -0.2) is 25.5 Å². The lowest BCUT2D eigenvalue weighted by Crippen LogP contribution is -2.32. The first-order valence-corrected chi connectivity index (χ1v) is 10.5. The summed E-state index contributed by atoms with van der Waals surface area (Å²) in [5.41, 5.74) is 0.0976. The van der Waals surface area contributed by atoms with Gasteiger partial charge in [-0.2, -0.15) is 0 Å². The number of sulfonamides is 1. The summed E-state index contributed by atoms with van der Waals surface area (Å²) in [5.74, 6) is -0.796. The highest BCUT2D eigenvalue weighted by atomic mass is 35.5. The number of benzene rings is 2. The predicted molar refractivity (Wildman–Crippen MR) is 107 cm³/mol. The zero-order valence-corrected chi connectivity index (χ0v) is 17.1. The van der Waals surface area contributed by atoms with E-state index in [1.807, 2.05) is 6.92 Å². The molecule has 1 atom stereocenters. The third kappa shape index (κ3) is 5.35. The molecule has 0 aliphatic carbocycles. The van der Waals surface area contributed by atoms with Crippen LogP contribution in [0, 0.1) is 0 Å².